The van der Waals surface area contributed by atoms with E-state index in [1.54, 1.807) is 45.0 Å². The van der Waals surface area contributed by atoms with Crippen LogP contribution in [0.3, 0.4) is 0 Å². The van der Waals surface area contributed by atoms with Crippen molar-refractivity contribution < 1.29 is 23.9 Å². The zero-order valence-electron chi connectivity index (χ0n) is 22.9. The molecule has 0 aromatic heterocycles. The predicted octanol–water partition coefficient (Wildman–Crippen LogP) is 3.99. The summed E-state index contributed by atoms with van der Waals surface area (Å²) in [5.74, 6) is -1.60. The second kappa shape index (κ2) is 11.7. The van der Waals surface area contributed by atoms with Crippen LogP contribution in [-0.4, -0.2) is 46.4 Å². The maximum absolute atomic E-state index is 14.1. The molecule has 4 amide bonds. The van der Waals surface area contributed by atoms with Gasteiger partial charge >= 0.3 is 6.09 Å². The minimum absolute atomic E-state index is 0.133. The van der Waals surface area contributed by atoms with Crippen molar-refractivity contribution >= 4 is 29.5 Å². The molecule has 1 aliphatic carbocycles. The number of amides is 4. The number of nitrogens with two attached hydrogens (primary N) is 1. The number of primary amides is 1. The molecule has 0 saturated heterocycles. The molecule has 0 spiro atoms. The fraction of sp³-hybridized carbons (Fsp3) is 0.448. The van der Waals surface area contributed by atoms with Crippen molar-refractivity contribution in [3.05, 3.63) is 65.2 Å². The van der Waals surface area contributed by atoms with Crippen molar-refractivity contribution in [3.8, 4) is 0 Å². The monoisotopic (exact) mass is 522 g/mol. The number of hydrogen-bond acceptors (Lipinski definition) is 5. The van der Waals surface area contributed by atoms with Gasteiger partial charge in [-0.2, -0.15) is 0 Å². The molecule has 1 aliphatic rings. The average molecular weight is 523 g/mol. The molecule has 4 atom stereocenters. The Hall–Kier alpha value is -3.88. The summed E-state index contributed by atoms with van der Waals surface area (Å²) in [7, 11) is 0. The van der Waals surface area contributed by atoms with E-state index >= 15 is 0 Å². The van der Waals surface area contributed by atoms with Gasteiger partial charge in [-0.1, -0.05) is 55.5 Å². The van der Waals surface area contributed by atoms with Crippen LogP contribution >= 0.6 is 0 Å². The van der Waals surface area contributed by atoms with E-state index in [0.29, 0.717) is 17.7 Å². The summed E-state index contributed by atoms with van der Waals surface area (Å²) in [5, 5.41) is 5.54. The van der Waals surface area contributed by atoms with Crippen molar-refractivity contribution in [1.29, 1.82) is 0 Å². The van der Waals surface area contributed by atoms with Gasteiger partial charge in [0.15, 0.2) is 0 Å². The summed E-state index contributed by atoms with van der Waals surface area (Å²) in [6, 6.07) is 12.2. The Balaban J connectivity index is 2.03. The number of nitrogens with zero attached hydrogens (tertiary/aromatic N) is 1. The standard InChI is InChI=1S/C29H38N4O5/c1-17-11-10-12-18(2)24(17)32-26(35)25(20-13-8-7-9-14-20)33(22-15-19(22)3)27(36)21(16-23(30)34)31-28(37)38-29(4,5)6/h7-14,19,21-22,25H,15-16H2,1-6H3,(H2,30,34)(H,31,37)(H,32,35). The minimum atomic E-state index is -1.30. The van der Waals surface area contributed by atoms with Crippen molar-refractivity contribution in [2.75, 3.05) is 5.32 Å². The first-order valence-electron chi connectivity index (χ1n) is 12.8. The van der Waals surface area contributed by atoms with Crippen LogP contribution in [0.4, 0.5) is 10.5 Å². The van der Waals surface area contributed by atoms with Crippen LogP contribution in [0.5, 0.6) is 0 Å². The Morgan fingerprint density at radius 3 is 2.11 bits per heavy atom. The molecule has 4 unspecified atom stereocenters. The number of rotatable bonds is 9. The Morgan fingerprint density at radius 1 is 1.03 bits per heavy atom. The molecule has 1 saturated carbocycles. The van der Waals surface area contributed by atoms with E-state index in [2.05, 4.69) is 10.6 Å². The molecule has 9 heteroatoms. The normalized spacial score (nSPS) is 18.1. The lowest BCUT2D eigenvalue weighted by Crippen LogP contribution is -2.54. The molecule has 4 N–H and O–H groups in total. The zero-order valence-corrected chi connectivity index (χ0v) is 22.9. The molecule has 1 fully saturated rings. The number of nitrogens with one attached hydrogen (secondary N) is 2. The van der Waals surface area contributed by atoms with Crippen LogP contribution in [0.1, 0.15) is 63.3 Å². The van der Waals surface area contributed by atoms with Crippen LogP contribution in [0, 0.1) is 19.8 Å². The average Bonchev–Trinajstić information content (AvgIpc) is 3.53. The van der Waals surface area contributed by atoms with Crippen LogP contribution in [-0.2, 0) is 19.1 Å². The van der Waals surface area contributed by atoms with E-state index < -0.39 is 47.9 Å². The first kappa shape index (κ1) is 28.7. The lowest BCUT2D eigenvalue weighted by molar-refractivity contribution is -0.142. The summed E-state index contributed by atoms with van der Waals surface area (Å²) in [4.78, 5) is 54.0. The number of alkyl carbamates (subject to hydrolysis) is 1. The fourth-order valence-electron chi connectivity index (χ4n) is 4.48. The SMILES string of the molecule is Cc1cccc(C)c1NC(=O)C(c1ccccc1)N(C(=O)C(CC(N)=O)NC(=O)OC(C)(C)C)C1CC1C. The van der Waals surface area contributed by atoms with E-state index in [0.717, 1.165) is 11.1 Å². The largest absolute Gasteiger partial charge is 0.444 e. The summed E-state index contributed by atoms with van der Waals surface area (Å²) >= 11 is 0. The van der Waals surface area contributed by atoms with Gasteiger partial charge in [0.05, 0.1) is 6.42 Å². The molecule has 204 valence electrons. The highest BCUT2D eigenvalue weighted by atomic mass is 16.6. The second-order valence-electron chi connectivity index (χ2n) is 11.0. The third-order valence-corrected chi connectivity index (χ3v) is 6.44. The van der Waals surface area contributed by atoms with Crippen molar-refractivity contribution in [1.82, 2.24) is 10.2 Å². The number of ether oxygens (including phenoxy) is 1. The van der Waals surface area contributed by atoms with E-state index in [9.17, 15) is 19.2 Å². The summed E-state index contributed by atoms with van der Waals surface area (Å²) in [6.45, 7) is 10.9. The fourth-order valence-corrected chi connectivity index (χ4v) is 4.48. The van der Waals surface area contributed by atoms with Crippen molar-refractivity contribution in [2.45, 2.75) is 78.1 Å². The van der Waals surface area contributed by atoms with Gasteiger partial charge in [0, 0.05) is 11.7 Å². The molecule has 0 heterocycles. The number of benzene rings is 2. The number of carbonyl (C=O) groups is 4. The molecular weight excluding hydrogens is 484 g/mol. The molecule has 0 radical (unpaired) electrons. The minimum Gasteiger partial charge on any atom is -0.444 e. The second-order valence-corrected chi connectivity index (χ2v) is 11.0. The van der Waals surface area contributed by atoms with Crippen LogP contribution in [0.25, 0.3) is 0 Å². The van der Waals surface area contributed by atoms with Gasteiger partial charge in [0.25, 0.3) is 5.91 Å². The van der Waals surface area contributed by atoms with Gasteiger partial charge in [0.2, 0.25) is 11.8 Å². The topological polar surface area (TPSA) is 131 Å². The van der Waals surface area contributed by atoms with E-state index in [4.69, 9.17) is 10.5 Å². The number of hydrogen-bond donors (Lipinski definition) is 3. The molecule has 2 aromatic carbocycles. The first-order valence-corrected chi connectivity index (χ1v) is 12.8. The van der Waals surface area contributed by atoms with Crippen molar-refractivity contribution in [2.24, 2.45) is 11.7 Å². The molecular formula is C29H38N4O5. The van der Waals surface area contributed by atoms with Gasteiger partial charge < -0.3 is 26.0 Å². The predicted molar refractivity (Wildman–Crippen MR) is 145 cm³/mol. The Bertz CT molecular complexity index is 1170. The van der Waals surface area contributed by atoms with Crippen LogP contribution < -0.4 is 16.4 Å². The lowest BCUT2D eigenvalue weighted by Gasteiger charge is -2.35. The number of carbonyl (C=O) groups excluding carboxylic acids is 4. The van der Waals surface area contributed by atoms with E-state index in [1.807, 2.05) is 45.0 Å². The number of anilines is 1. The van der Waals surface area contributed by atoms with Gasteiger partial charge in [-0.3, -0.25) is 14.4 Å². The third kappa shape index (κ3) is 7.34. The number of para-hydroxylation sites is 1. The summed E-state index contributed by atoms with van der Waals surface area (Å²) < 4.78 is 5.32. The molecule has 0 bridgehead atoms. The quantitative estimate of drug-likeness (QED) is 0.458. The first-order chi connectivity index (χ1) is 17.8. The highest BCUT2D eigenvalue weighted by molar-refractivity contribution is 6.00. The molecule has 0 aliphatic heterocycles. The smallest absolute Gasteiger partial charge is 0.408 e. The Kier molecular flexibility index (Phi) is 8.81. The highest BCUT2D eigenvalue weighted by Crippen LogP contribution is 2.41. The van der Waals surface area contributed by atoms with E-state index in [1.165, 1.54) is 4.90 Å². The van der Waals surface area contributed by atoms with Gasteiger partial charge in [-0.15, -0.1) is 0 Å². The maximum Gasteiger partial charge on any atom is 0.408 e. The van der Waals surface area contributed by atoms with Gasteiger partial charge in [0.1, 0.15) is 17.7 Å². The van der Waals surface area contributed by atoms with Crippen LogP contribution in [0.15, 0.2) is 48.5 Å². The van der Waals surface area contributed by atoms with Crippen molar-refractivity contribution in [3.63, 3.8) is 0 Å². The lowest BCUT2D eigenvalue weighted by atomic mass is 10.0. The van der Waals surface area contributed by atoms with Gasteiger partial charge in [-0.25, -0.2) is 4.79 Å². The molecule has 38 heavy (non-hydrogen) atoms. The van der Waals surface area contributed by atoms with Gasteiger partial charge in [-0.05, 0) is 63.6 Å². The summed E-state index contributed by atoms with van der Waals surface area (Å²) in [5.41, 5.74) is 7.71. The molecule has 9 nitrogen and oxygen atoms in total. The molecule has 3 rings (SSSR count). The Morgan fingerprint density at radius 2 is 1.61 bits per heavy atom. The number of aryl methyl sites for hydroxylation is 2. The third-order valence-electron chi connectivity index (χ3n) is 6.44. The summed E-state index contributed by atoms with van der Waals surface area (Å²) in [6.07, 6.45) is -0.603. The highest BCUT2D eigenvalue weighted by Gasteiger charge is 2.48. The maximum atomic E-state index is 14.1. The van der Waals surface area contributed by atoms with Crippen LogP contribution in [0.2, 0.25) is 0 Å². The van der Waals surface area contributed by atoms with E-state index in [-0.39, 0.29) is 12.0 Å². The Labute approximate surface area is 224 Å². The zero-order chi connectivity index (χ0) is 28.2. The molecule has 2 aromatic rings.